The van der Waals surface area contributed by atoms with E-state index in [0.29, 0.717) is 18.2 Å². The summed E-state index contributed by atoms with van der Waals surface area (Å²) in [7, 11) is -4.43. The molecule has 1 atom stereocenters. The predicted octanol–water partition coefficient (Wildman–Crippen LogP) is 3.64. The van der Waals surface area contributed by atoms with Crippen LogP contribution in [0.4, 0.5) is 32.0 Å². The van der Waals surface area contributed by atoms with E-state index >= 15 is 0 Å². The summed E-state index contributed by atoms with van der Waals surface area (Å²) in [6.07, 6.45) is -9.92. The van der Waals surface area contributed by atoms with E-state index < -0.39 is 67.1 Å². The van der Waals surface area contributed by atoms with Crippen LogP contribution in [0.5, 0.6) is 5.75 Å². The Morgan fingerprint density at radius 3 is 2.15 bits per heavy atom. The number of sulfone groups is 1. The van der Waals surface area contributed by atoms with E-state index in [9.17, 15) is 44.7 Å². The minimum atomic E-state index is -5.00. The number of hydrogen-bond donors (Lipinski definition) is 2. The van der Waals surface area contributed by atoms with E-state index in [0.717, 1.165) is 31.2 Å². The number of hydrogen-bond acceptors (Lipinski definition) is 6. The van der Waals surface area contributed by atoms with Crippen molar-refractivity contribution >= 4 is 21.4 Å². The second kappa shape index (κ2) is 8.91. The summed E-state index contributed by atoms with van der Waals surface area (Å²) in [5.41, 5.74) is -5.17. The second-order valence-corrected chi connectivity index (χ2v) is 8.87. The van der Waals surface area contributed by atoms with Gasteiger partial charge in [0, 0.05) is 5.69 Å². The van der Waals surface area contributed by atoms with E-state index in [2.05, 4.69) is 4.74 Å². The number of nitrogens with zero attached hydrogens (tertiary/aromatic N) is 1. The van der Waals surface area contributed by atoms with Crippen LogP contribution in [0.25, 0.3) is 0 Å². The molecule has 2 N–H and O–H groups in total. The molecule has 0 aliphatic rings. The minimum Gasteiger partial charge on any atom is -0.406 e. The number of rotatable bonds is 6. The van der Waals surface area contributed by atoms with Crippen molar-refractivity contribution in [2.24, 2.45) is 0 Å². The summed E-state index contributed by atoms with van der Waals surface area (Å²) in [5, 5.41) is 21.1. The molecule has 0 bridgehead atoms. The fraction of sp³-hybridized carbons (Fsp3) is 0.263. The smallest absolute Gasteiger partial charge is 0.406 e. The van der Waals surface area contributed by atoms with Gasteiger partial charge >= 0.3 is 12.5 Å². The Bertz CT molecular complexity index is 1180. The van der Waals surface area contributed by atoms with E-state index in [1.54, 1.807) is 0 Å². The van der Waals surface area contributed by atoms with Crippen LogP contribution in [0.1, 0.15) is 18.1 Å². The summed E-state index contributed by atoms with van der Waals surface area (Å²) in [5.74, 6) is -3.32. The molecule has 0 fully saturated rings. The molecule has 0 saturated heterocycles. The van der Waals surface area contributed by atoms with Gasteiger partial charge in [-0.25, -0.2) is 8.42 Å². The van der Waals surface area contributed by atoms with Crippen molar-refractivity contribution in [3.05, 3.63) is 53.6 Å². The normalized spacial score (nSPS) is 14.2. The first-order valence-electron chi connectivity index (χ1n) is 8.68. The molecule has 2 aromatic carbocycles. The highest BCUT2D eigenvalue weighted by Crippen LogP contribution is 2.34. The lowest BCUT2D eigenvalue weighted by molar-refractivity contribution is -0.274. The maximum atomic E-state index is 13.1. The number of nitrogens with one attached hydrogen (secondary N) is 1. The number of aliphatic hydroxyl groups is 1. The van der Waals surface area contributed by atoms with E-state index in [1.165, 1.54) is 6.07 Å². The van der Waals surface area contributed by atoms with Crippen LogP contribution in [0, 0.1) is 11.3 Å². The average Bonchev–Trinajstić information content (AvgIpc) is 2.65. The average molecular weight is 496 g/mol. The van der Waals surface area contributed by atoms with E-state index in [-0.39, 0.29) is 0 Å². The Kier molecular flexibility index (Phi) is 7.00. The Morgan fingerprint density at radius 1 is 1.09 bits per heavy atom. The maximum Gasteiger partial charge on any atom is 0.573 e. The van der Waals surface area contributed by atoms with Crippen LogP contribution in [0.15, 0.2) is 47.4 Å². The molecule has 33 heavy (non-hydrogen) atoms. The summed E-state index contributed by atoms with van der Waals surface area (Å²) in [6, 6.07) is 6.49. The highest BCUT2D eigenvalue weighted by Gasteiger charge is 2.38. The first-order chi connectivity index (χ1) is 14.9. The van der Waals surface area contributed by atoms with Gasteiger partial charge in [0.2, 0.25) is 0 Å². The summed E-state index contributed by atoms with van der Waals surface area (Å²) < 4.78 is 104. The van der Waals surface area contributed by atoms with Crippen LogP contribution < -0.4 is 10.1 Å². The van der Waals surface area contributed by atoms with Gasteiger partial charge in [-0.3, -0.25) is 4.79 Å². The summed E-state index contributed by atoms with van der Waals surface area (Å²) >= 11 is 0. The number of alkyl halides is 6. The van der Waals surface area contributed by atoms with Gasteiger partial charge in [0.1, 0.15) is 5.75 Å². The van der Waals surface area contributed by atoms with Crippen molar-refractivity contribution in [1.29, 1.82) is 5.26 Å². The van der Waals surface area contributed by atoms with Crippen LogP contribution in [0.2, 0.25) is 0 Å². The topological polar surface area (TPSA) is 116 Å². The lowest BCUT2D eigenvalue weighted by Gasteiger charge is -2.22. The third-order valence-corrected chi connectivity index (χ3v) is 6.01. The van der Waals surface area contributed by atoms with Crippen molar-refractivity contribution in [2.45, 2.75) is 30.0 Å². The summed E-state index contributed by atoms with van der Waals surface area (Å²) in [6.45, 7) is 0.787. The third kappa shape index (κ3) is 6.83. The van der Waals surface area contributed by atoms with Gasteiger partial charge in [-0.1, -0.05) is 0 Å². The number of ether oxygens (including phenoxy) is 1. The van der Waals surface area contributed by atoms with Crippen LogP contribution in [-0.4, -0.2) is 37.1 Å². The molecule has 0 saturated carbocycles. The molecule has 1 amide bonds. The SMILES string of the molecule is C[C@](O)(CS(=O)(=O)c1ccc(OC(F)(F)F)cc1)C(=O)Nc1ccc(C#N)c(C(F)(F)F)c1. The van der Waals surface area contributed by atoms with E-state index in [4.69, 9.17) is 5.26 Å². The minimum absolute atomic E-state index is 0.445. The Morgan fingerprint density at radius 2 is 1.67 bits per heavy atom. The van der Waals surface area contributed by atoms with Crippen LogP contribution in [0.3, 0.4) is 0 Å². The van der Waals surface area contributed by atoms with Gasteiger partial charge in [0.25, 0.3) is 5.91 Å². The molecule has 2 rings (SSSR count). The first-order valence-corrected chi connectivity index (χ1v) is 10.3. The number of carbonyl (C=O) groups excluding carboxylic acids is 1. The van der Waals surface area contributed by atoms with Crippen molar-refractivity contribution < 1.29 is 49.4 Å². The molecule has 0 radical (unpaired) electrons. The zero-order valence-corrected chi connectivity index (χ0v) is 17.3. The summed E-state index contributed by atoms with van der Waals surface area (Å²) in [4.78, 5) is 11.8. The van der Waals surface area contributed by atoms with Crippen molar-refractivity contribution in [3.8, 4) is 11.8 Å². The van der Waals surface area contributed by atoms with E-state index in [1.807, 2.05) is 5.32 Å². The molecule has 0 aliphatic heterocycles. The maximum absolute atomic E-state index is 13.1. The standard InChI is InChI=1S/C19H14F6N2O5S/c1-17(29,10-33(30,31)14-6-4-13(5-7-14)32-19(23,24)25)16(28)27-12-3-2-11(9-26)15(8-12)18(20,21)22/h2-8,29H,10H2,1H3,(H,27,28)/t17-/m0/s1. The van der Waals surface area contributed by atoms with Gasteiger partial charge in [-0.05, 0) is 49.4 Å². The highest BCUT2D eigenvalue weighted by atomic mass is 32.2. The number of amides is 1. The molecule has 178 valence electrons. The Hall–Kier alpha value is -3.31. The molecule has 0 unspecified atom stereocenters. The molecular formula is C19H14F6N2O5S. The largest absolute Gasteiger partial charge is 0.573 e. The molecule has 7 nitrogen and oxygen atoms in total. The van der Waals surface area contributed by atoms with Crippen molar-refractivity contribution in [2.75, 3.05) is 11.1 Å². The molecule has 0 heterocycles. The third-order valence-electron chi connectivity index (χ3n) is 4.08. The fourth-order valence-corrected chi connectivity index (χ4v) is 4.18. The molecule has 0 aromatic heterocycles. The molecule has 2 aromatic rings. The molecule has 0 spiro atoms. The lowest BCUT2D eigenvalue weighted by atomic mass is 10.1. The molecule has 14 heteroatoms. The fourth-order valence-electron chi connectivity index (χ4n) is 2.59. The number of benzene rings is 2. The molecular weight excluding hydrogens is 482 g/mol. The Labute approximate surface area is 183 Å². The van der Waals surface area contributed by atoms with Crippen LogP contribution >= 0.6 is 0 Å². The molecule has 0 aliphatic carbocycles. The number of halogens is 6. The zero-order valence-electron chi connectivity index (χ0n) is 16.5. The van der Waals surface area contributed by atoms with Gasteiger partial charge in [-0.2, -0.15) is 18.4 Å². The lowest BCUT2D eigenvalue weighted by Crippen LogP contribution is -2.45. The zero-order chi connectivity index (χ0) is 25.2. The van der Waals surface area contributed by atoms with Crippen molar-refractivity contribution in [1.82, 2.24) is 0 Å². The van der Waals surface area contributed by atoms with Gasteiger partial charge in [-0.15, -0.1) is 13.2 Å². The van der Waals surface area contributed by atoms with Crippen LogP contribution in [-0.2, 0) is 20.8 Å². The van der Waals surface area contributed by atoms with Crippen molar-refractivity contribution in [3.63, 3.8) is 0 Å². The van der Waals surface area contributed by atoms with Gasteiger partial charge in [0.05, 0.1) is 27.8 Å². The number of anilines is 1. The quantitative estimate of drug-likeness (QED) is 0.590. The van der Waals surface area contributed by atoms with Gasteiger partial charge < -0.3 is 15.2 Å². The number of carbonyl (C=O) groups is 1. The van der Waals surface area contributed by atoms with Gasteiger partial charge in [0.15, 0.2) is 15.4 Å². The first kappa shape index (κ1) is 25.9. The monoisotopic (exact) mass is 496 g/mol. The Balaban J connectivity index is 2.21. The number of nitriles is 1. The highest BCUT2D eigenvalue weighted by molar-refractivity contribution is 7.91. The second-order valence-electron chi connectivity index (χ2n) is 6.88. The predicted molar refractivity (Wildman–Crippen MR) is 101 cm³/mol.